The molecule has 0 radical (unpaired) electrons. The van der Waals surface area contributed by atoms with Gasteiger partial charge in [-0.25, -0.2) is 8.42 Å². The third-order valence-electron chi connectivity index (χ3n) is 2.90. The van der Waals surface area contributed by atoms with Gasteiger partial charge in [0.25, 0.3) is 0 Å². The largest absolute Gasteiger partial charge is 0.464 e. The van der Waals surface area contributed by atoms with Gasteiger partial charge in [-0.2, -0.15) is 4.31 Å². The maximum Gasteiger partial charge on any atom is 0.246 e. The number of rotatable bonds is 5. The summed E-state index contributed by atoms with van der Waals surface area (Å²) >= 11 is 5.66. The Morgan fingerprint density at radius 2 is 2.00 bits per heavy atom. The average Bonchev–Trinajstić information content (AvgIpc) is 2.82. The summed E-state index contributed by atoms with van der Waals surface area (Å²) in [5.41, 5.74) is 0.866. The van der Waals surface area contributed by atoms with Crippen LogP contribution in [-0.2, 0) is 22.4 Å². The number of hydrogen-bond acceptors (Lipinski definition) is 4. The van der Waals surface area contributed by atoms with Crippen molar-refractivity contribution in [1.29, 1.82) is 0 Å². The van der Waals surface area contributed by atoms with Gasteiger partial charge in [0.05, 0.1) is 5.88 Å². The first-order valence-electron chi connectivity index (χ1n) is 5.95. The lowest BCUT2D eigenvalue weighted by atomic mass is 10.3. The van der Waals surface area contributed by atoms with Gasteiger partial charge >= 0.3 is 0 Å². The fourth-order valence-corrected chi connectivity index (χ4v) is 3.32. The van der Waals surface area contributed by atoms with E-state index in [2.05, 4.69) is 4.98 Å². The first-order chi connectivity index (χ1) is 9.45. The molecule has 5 nitrogen and oxygen atoms in total. The van der Waals surface area contributed by atoms with Crippen LogP contribution in [0.2, 0.25) is 0 Å². The summed E-state index contributed by atoms with van der Waals surface area (Å²) in [5.74, 6) is 0.937. The molecule has 0 atom stereocenters. The zero-order chi connectivity index (χ0) is 14.8. The van der Waals surface area contributed by atoms with E-state index in [0.29, 0.717) is 11.5 Å². The van der Waals surface area contributed by atoms with Crippen molar-refractivity contribution in [3.05, 3.63) is 47.7 Å². The van der Waals surface area contributed by atoms with Crippen LogP contribution in [0.25, 0.3) is 0 Å². The molecule has 0 aliphatic rings. The summed E-state index contributed by atoms with van der Waals surface area (Å²) in [5, 5.41) is 0. The highest BCUT2D eigenvalue weighted by molar-refractivity contribution is 7.89. The van der Waals surface area contributed by atoms with Crippen LogP contribution in [0.15, 0.2) is 39.9 Å². The van der Waals surface area contributed by atoms with Gasteiger partial charge in [0, 0.05) is 32.1 Å². The minimum atomic E-state index is -3.60. The van der Waals surface area contributed by atoms with E-state index in [1.54, 1.807) is 31.5 Å². The fourth-order valence-electron chi connectivity index (χ4n) is 1.84. The Labute approximate surface area is 123 Å². The van der Waals surface area contributed by atoms with Gasteiger partial charge in [0.15, 0.2) is 0 Å². The van der Waals surface area contributed by atoms with Crippen molar-refractivity contribution in [2.45, 2.75) is 24.2 Å². The zero-order valence-corrected chi connectivity index (χ0v) is 12.8. The number of pyridine rings is 1. The molecule has 0 unspecified atom stereocenters. The Morgan fingerprint density at radius 3 is 2.55 bits per heavy atom. The van der Waals surface area contributed by atoms with E-state index < -0.39 is 10.0 Å². The van der Waals surface area contributed by atoms with Crippen LogP contribution < -0.4 is 0 Å². The van der Waals surface area contributed by atoms with Crippen LogP contribution in [0.4, 0.5) is 0 Å². The van der Waals surface area contributed by atoms with Crippen LogP contribution in [0, 0.1) is 6.92 Å². The molecule has 2 heterocycles. The summed E-state index contributed by atoms with van der Waals surface area (Å²) in [6.07, 6.45) is 3.26. The van der Waals surface area contributed by atoms with Crippen LogP contribution >= 0.6 is 11.6 Å². The lowest BCUT2D eigenvalue weighted by molar-refractivity contribution is 0.459. The molecule has 0 aromatic carbocycles. The van der Waals surface area contributed by atoms with Gasteiger partial charge in [-0.3, -0.25) is 4.98 Å². The molecule has 0 N–H and O–H groups in total. The monoisotopic (exact) mass is 314 g/mol. The van der Waals surface area contributed by atoms with E-state index in [0.717, 1.165) is 5.56 Å². The van der Waals surface area contributed by atoms with Gasteiger partial charge in [-0.15, -0.1) is 11.6 Å². The number of sulfonamides is 1. The Kier molecular flexibility index (Phi) is 4.47. The van der Waals surface area contributed by atoms with Gasteiger partial charge in [-0.05, 0) is 24.6 Å². The smallest absolute Gasteiger partial charge is 0.246 e. The summed E-state index contributed by atoms with van der Waals surface area (Å²) in [7, 11) is -2.07. The van der Waals surface area contributed by atoms with Crippen molar-refractivity contribution in [2.24, 2.45) is 0 Å². The third kappa shape index (κ3) is 3.03. The summed E-state index contributed by atoms with van der Waals surface area (Å²) in [6.45, 7) is 1.88. The van der Waals surface area contributed by atoms with E-state index in [4.69, 9.17) is 16.0 Å². The highest BCUT2D eigenvalue weighted by Gasteiger charge is 2.26. The van der Waals surface area contributed by atoms with Gasteiger partial charge in [-0.1, -0.05) is 0 Å². The van der Waals surface area contributed by atoms with Crippen molar-refractivity contribution in [1.82, 2.24) is 9.29 Å². The molecule has 2 aromatic rings. The Bertz CT molecular complexity index is 683. The van der Waals surface area contributed by atoms with Gasteiger partial charge in [0.1, 0.15) is 16.4 Å². The molecule has 2 aromatic heterocycles. The SMILES string of the molecule is Cc1oc(CCl)cc1S(=O)(=O)N(C)Cc1ccncc1. The minimum absolute atomic E-state index is 0.143. The second kappa shape index (κ2) is 5.95. The number of hydrogen-bond donors (Lipinski definition) is 0. The van der Waals surface area contributed by atoms with Crippen molar-refractivity contribution in [2.75, 3.05) is 7.05 Å². The number of aryl methyl sites for hydroxylation is 1. The van der Waals surface area contributed by atoms with Crippen molar-refractivity contribution in [3.63, 3.8) is 0 Å². The molecule has 108 valence electrons. The Balaban J connectivity index is 2.27. The second-order valence-electron chi connectivity index (χ2n) is 4.38. The standard InChI is InChI=1S/C13H15ClN2O3S/c1-10-13(7-12(8-14)19-10)20(17,18)16(2)9-11-3-5-15-6-4-11/h3-7H,8-9H2,1-2H3. The Hall–Kier alpha value is -1.37. The summed E-state index contributed by atoms with van der Waals surface area (Å²) in [4.78, 5) is 4.06. The number of aromatic nitrogens is 1. The lowest BCUT2D eigenvalue weighted by Gasteiger charge is -2.16. The summed E-state index contributed by atoms with van der Waals surface area (Å²) in [6, 6.07) is 5.03. The maximum absolute atomic E-state index is 12.5. The number of alkyl halides is 1. The first kappa shape index (κ1) is 15.0. The van der Waals surface area contributed by atoms with Gasteiger partial charge < -0.3 is 4.42 Å². The van der Waals surface area contributed by atoms with Crippen molar-refractivity contribution < 1.29 is 12.8 Å². The molecular formula is C13H15ClN2O3S. The van der Waals surface area contributed by atoms with Crippen LogP contribution in [-0.4, -0.2) is 24.8 Å². The molecule has 2 rings (SSSR count). The van der Waals surface area contributed by atoms with E-state index in [1.165, 1.54) is 17.4 Å². The zero-order valence-electron chi connectivity index (χ0n) is 11.2. The molecule has 0 fully saturated rings. The maximum atomic E-state index is 12.5. The predicted octanol–water partition coefficient (Wildman–Crippen LogP) is 2.54. The molecule has 0 aliphatic heterocycles. The molecule has 0 saturated carbocycles. The molecule has 0 amide bonds. The van der Waals surface area contributed by atoms with Crippen molar-refractivity contribution in [3.8, 4) is 0 Å². The highest BCUT2D eigenvalue weighted by Crippen LogP contribution is 2.24. The lowest BCUT2D eigenvalue weighted by Crippen LogP contribution is -2.26. The average molecular weight is 315 g/mol. The van der Waals surface area contributed by atoms with Crippen LogP contribution in [0.3, 0.4) is 0 Å². The van der Waals surface area contributed by atoms with E-state index >= 15 is 0 Å². The summed E-state index contributed by atoms with van der Waals surface area (Å²) < 4.78 is 31.6. The quantitative estimate of drug-likeness (QED) is 0.796. The molecule has 0 aliphatic carbocycles. The second-order valence-corrected chi connectivity index (χ2v) is 6.66. The van der Waals surface area contributed by atoms with E-state index in [-0.39, 0.29) is 17.3 Å². The van der Waals surface area contributed by atoms with Crippen LogP contribution in [0.5, 0.6) is 0 Å². The molecular weight excluding hydrogens is 300 g/mol. The highest BCUT2D eigenvalue weighted by atomic mass is 35.5. The molecule has 20 heavy (non-hydrogen) atoms. The van der Waals surface area contributed by atoms with Crippen LogP contribution in [0.1, 0.15) is 17.1 Å². The first-order valence-corrected chi connectivity index (χ1v) is 7.93. The molecule has 7 heteroatoms. The molecule has 0 saturated heterocycles. The van der Waals surface area contributed by atoms with Gasteiger partial charge in [0.2, 0.25) is 10.0 Å². The number of furan rings is 1. The normalized spacial score (nSPS) is 12.0. The molecule has 0 spiro atoms. The predicted molar refractivity (Wildman–Crippen MR) is 75.9 cm³/mol. The topological polar surface area (TPSA) is 63.4 Å². The number of nitrogens with zero attached hydrogens (tertiary/aromatic N) is 2. The third-order valence-corrected chi connectivity index (χ3v) is 5.07. The van der Waals surface area contributed by atoms with E-state index in [9.17, 15) is 8.42 Å². The number of halogens is 1. The fraction of sp³-hybridized carbons (Fsp3) is 0.308. The Morgan fingerprint density at radius 1 is 1.35 bits per heavy atom. The van der Waals surface area contributed by atoms with E-state index in [1.807, 2.05) is 0 Å². The molecule has 0 bridgehead atoms. The van der Waals surface area contributed by atoms with Crippen molar-refractivity contribution >= 4 is 21.6 Å². The minimum Gasteiger partial charge on any atom is -0.464 e.